The zero-order valence-corrected chi connectivity index (χ0v) is 14.7. The van der Waals surface area contributed by atoms with Crippen LogP contribution in [0.5, 0.6) is 0 Å². The minimum absolute atomic E-state index is 0.202. The summed E-state index contributed by atoms with van der Waals surface area (Å²) in [5.41, 5.74) is 12.2. The van der Waals surface area contributed by atoms with Crippen molar-refractivity contribution in [3.63, 3.8) is 0 Å². The molecule has 4 aromatic rings. The Labute approximate surface area is 154 Å². The molecule has 0 aliphatic carbocycles. The van der Waals surface area contributed by atoms with Gasteiger partial charge in [-0.2, -0.15) is 10.4 Å². The Kier molecular flexibility index (Phi) is 3.95. The molecular weight excluding hydrogens is 344 g/mol. The third kappa shape index (κ3) is 2.62. The summed E-state index contributed by atoms with van der Waals surface area (Å²) in [6.45, 7) is 1.93. The lowest BCUT2D eigenvalue weighted by atomic mass is 10.0. The first-order valence-electron chi connectivity index (χ1n) is 7.90. The van der Waals surface area contributed by atoms with E-state index in [1.807, 2.05) is 49.4 Å². The van der Waals surface area contributed by atoms with Gasteiger partial charge in [0.25, 0.3) is 0 Å². The number of thiazole rings is 1. The molecule has 0 saturated carbocycles. The van der Waals surface area contributed by atoms with Crippen molar-refractivity contribution in [2.24, 2.45) is 0 Å². The summed E-state index contributed by atoms with van der Waals surface area (Å²) in [5, 5.41) is 14.0. The van der Waals surface area contributed by atoms with Gasteiger partial charge in [0, 0.05) is 5.56 Å². The number of nitriles is 1. The van der Waals surface area contributed by atoms with Crippen molar-refractivity contribution in [1.82, 2.24) is 19.7 Å². The smallest absolute Gasteiger partial charge is 0.142 e. The van der Waals surface area contributed by atoms with Crippen molar-refractivity contribution in [3.8, 4) is 33.6 Å². The average Bonchev–Trinajstić information content (AvgIpc) is 3.30. The summed E-state index contributed by atoms with van der Waals surface area (Å²) in [4.78, 5) is 9.63. The predicted molar refractivity (Wildman–Crippen MR) is 102 cm³/mol. The van der Waals surface area contributed by atoms with Crippen molar-refractivity contribution >= 4 is 17.2 Å². The van der Waals surface area contributed by atoms with Gasteiger partial charge in [0.1, 0.15) is 17.5 Å². The largest absolute Gasteiger partial charge is 0.383 e. The van der Waals surface area contributed by atoms with Crippen LogP contribution in [-0.2, 0) is 0 Å². The maximum atomic E-state index is 9.63. The summed E-state index contributed by atoms with van der Waals surface area (Å²) in [6.07, 6.45) is 1.71. The normalized spacial score (nSPS) is 10.6. The number of rotatable bonds is 3. The maximum absolute atomic E-state index is 9.63. The van der Waals surface area contributed by atoms with Crippen molar-refractivity contribution < 1.29 is 0 Å². The highest BCUT2D eigenvalue weighted by Crippen LogP contribution is 2.34. The highest BCUT2D eigenvalue weighted by Gasteiger charge is 2.18. The monoisotopic (exact) mass is 358 g/mol. The topological polar surface area (TPSA) is 93.4 Å². The van der Waals surface area contributed by atoms with Crippen molar-refractivity contribution in [2.75, 3.05) is 5.73 Å². The Morgan fingerprint density at radius 3 is 2.69 bits per heavy atom. The van der Waals surface area contributed by atoms with Crippen molar-refractivity contribution in [1.29, 1.82) is 5.26 Å². The number of aryl methyl sites for hydroxylation is 1. The van der Waals surface area contributed by atoms with Gasteiger partial charge in [-0.15, -0.1) is 11.3 Å². The molecule has 7 heteroatoms. The van der Waals surface area contributed by atoms with Crippen LogP contribution in [0.25, 0.3) is 27.5 Å². The first kappa shape index (κ1) is 16.0. The lowest BCUT2D eigenvalue weighted by Crippen LogP contribution is -2.03. The van der Waals surface area contributed by atoms with Crippen LogP contribution >= 0.6 is 11.3 Å². The Morgan fingerprint density at radius 2 is 2.00 bits per heavy atom. The molecule has 3 heterocycles. The zero-order chi connectivity index (χ0) is 18.1. The summed E-state index contributed by atoms with van der Waals surface area (Å²) < 4.78 is 1.79. The quantitative estimate of drug-likeness (QED) is 0.601. The van der Waals surface area contributed by atoms with E-state index in [2.05, 4.69) is 21.1 Å². The number of hydrogen-bond acceptors (Lipinski definition) is 6. The fourth-order valence-corrected chi connectivity index (χ4v) is 3.60. The average molecular weight is 358 g/mol. The first-order valence-corrected chi connectivity index (χ1v) is 8.78. The molecule has 4 rings (SSSR count). The second-order valence-corrected chi connectivity index (χ2v) is 6.51. The molecular formula is C19H14N6S. The number of nitrogens with zero attached hydrogens (tertiary/aromatic N) is 5. The highest BCUT2D eigenvalue weighted by molar-refractivity contribution is 7.13. The third-order valence-corrected chi connectivity index (χ3v) is 5.01. The van der Waals surface area contributed by atoms with Gasteiger partial charge in [-0.25, -0.2) is 14.6 Å². The summed E-state index contributed by atoms with van der Waals surface area (Å²) in [6, 6.07) is 15.7. The van der Waals surface area contributed by atoms with E-state index in [-0.39, 0.29) is 5.82 Å². The lowest BCUT2D eigenvalue weighted by Gasteiger charge is -2.12. The lowest BCUT2D eigenvalue weighted by molar-refractivity contribution is 0.887. The second-order valence-electron chi connectivity index (χ2n) is 5.66. The molecule has 0 spiro atoms. The van der Waals surface area contributed by atoms with Crippen LogP contribution in [0.4, 0.5) is 5.82 Å². The molecule has 0 unspecified atom stereocenters. The van der Waals surface area contributed by atoms with E-state index in [9.17, 15) is 5.26 Å². The van der Waals surface area contributed by atoms with Gasteiger partial charge in [-0.05, 0) is 31.2 Å². The van der Waals surface area contributed by atoms with Crippen LogP contribution in [0, 0.1) is 18.3 Å². The van der Waals surface area contributed by atoms with Crippen molar-refractivity contribution in [2.45, 2.75) is 6.92 Å². The molecule has 26 heavy (non-hydrogen) atoms. The second kappa shape index (κ2) is 6.43. The number of anilines is 1. The van der Waals surface area contributed by atoms with Gasteiger partial charge < -0.3 is 5.73 Å². The predicted octanol–water partition coefficient (Wildman–Crippen LogP) is 3.82. The molecule has 0 radical (unpaired) electrons. The van der Waals surface area contributed by atoms with Gasteiger partial charge in [0.15, 0.2) is 0 Å². The van der Waals surface area contributed by atoms with E-state index in [1.54, 1.807) is 16.4 Å². The minimum atomic E-state index is 0.202. The number of nitrogen functional groups attached to an aromatic ring is 1. The fourth-order valence-electron chi connectivity index (χ4n) is 2.83. The molecule has 126 valence electrons. The van der Waals surface area contributed by atoms with Gasteiger partial charge in [0.2, 0.25) is 0 Å². The van der Waals surface area contributed by atoms with Crippen LogP contribution in [0.2, 0.25) is 0 Å². The number of benzene rings is 1. The molecule has 0 aliphatic rings. The SMILES string of the molecule is Cc1ncsc1-c1cc(-c2ccnn2-c2ccccc2)c(C#N)c(N)n1. The highest BCUT2D eigenvalue weighted by atomic mass is 32.1. The molecule has 2 N–H and O–H groups in total. The number of hydrogen-bond donors (Lipinski definition) is 1. The Morgan fingerprint density at radius 1 is 1.19 bits per heavy atom. The number of pyridine rings is 1. The van der Waals surface area contributed by atoms with Crippen LogP contribution in [0.3, 0.4) is 0 Å². The molecule has 3 aromatic heterocycles. The zero-order valence-electron chi connectivity index (χ0n) is 13.9. The summed E-state index contributed by atoms with van der Waals surface area (Å²) in [5.74, 6) is 0.202. The molecule has 0 aliphatic heterocycles. The number of nitrogens with two attached hydrogens (primary N) is 1. The van der Waals surface area contributed by atoms with E-state index >= 15 is 0 Å². The Hall–Kier alpha value is -3.50. The van der Waals surface area contributed by atoms with Gasteiger partial charge in [0.05, 0.1) is 39.4 Å². The van der Waals surface area contributed by atoms with Crippen LogP contribution < -0.4 is 5.73 Å². The molecule has 0 bridgehead atoms. The van der Waals surface area contributed by atoms with Crippen LogP contribution in [0.15, 0.2) is 54.2 Å². The summed E-state index contributed by atoms with van der Waals surface area (Å²) in [7, 11) is 0. The number of aromatic nitrogens is 4. The van der Waals surface area contributed by atoms with Crippen LogP contribution in [0.1, 0.15) is 11.3 Å². The van der Waals surface area contributed by atoms with E-state index in [4.69, 9.17) is 5.73 Å². The number of para-hydroxylation sites is 1. The van der Waals surface area contributed by atoms with Gasteiger partial charge in [-0.3, -0.25) is 0 Å². The molecule has 0 saturated heterocycles. The fraction of sp³-hybridized carbons (Fsp3) is 0.0526. The van der Waals surface area contributed by atoms with Crippen LogP contribution in [-0.4, -0.2) is 19.7 Å². The Balaban J connectivity index is 1.96. The molecule has 1 aromatic carbocycles. The summed E-state index contributed by atoms with van der Waals surface area (Å²) >= 11 is 1.50. The third-order valence-electron chi connectivity index (χ3n) is 4.06. The first-order chi connectivity index (χ1) is 12.7. The van der Waals surface area contributed by atoms with Crippen molar-refractivity contribution in [3.05, 3.63) is 65.4 Å². The minimum Gasteiger partial charge on any atom is -0.383 e. The standard InChI is InChI=1S/C19H14N6S/c1-12-18(26-11-22-12)16-9-14(15(10-20)19(21)24-16)17-7-8-23-25(17)13-5-3-2-4-6-13/h2-9,11H,1H3,(H2,21,24). The molecule has 6 nitrogen and oxygen atoms in total. The maximum Gasteiger partial charge on any atom is 0.142 e. The molecule has 0 amide bonds. The van der Waals surface area contributed by atoms with E-state index in [0.29, 0.717) is 16.8 Å². The van der Waals surface area contributed by atoms with E-state index in [1.165, 1.54) is 11.3 Å². The van der Waals surface area contributed by atoms with E-state index < -0.39 is 0 Å². The van der Waals surface area contributed by atoms with Gasteiger partial charge in [-0.1, -0.05) is 18.2 Å². The van der Waals surface area contributed by atoms with Gasteiger partial charge >= 0.3 is 0 Å². The molecule has 0 atom stereocenters. The van der Waals surface area contributed by atoms with E-state index in [0.717, 1.165) is 22.0 Å². The Bertz CT molecular complexity index is 1120. The molecule has 0 fully saturated rings.